The van der Waals surface area contributed by atoms with Crippen molar-refractivity contribution in [3.8, 4) is 5.69 Å². The number of amides is 1. The van der Waals surface area contributed by atoms with E-state index in [-0.39, 0.29) is 29.7 Å². The van der Waals surface area contributed by atoms with Gasteiger partial charge in [0.15, 0.2) is 0 Å². The summed E-state index contributed by atoms with van der Waals surface area (Å²) >= 11 is 6.23. The van der Waals surface area contributed by atoms with Gasteiger partial charge in [0.2, 0.25) is 0 Å². The van der Waals surface area contributed by atoms with Crippen LogP contribution in [0.15, 0.2) is 24.3 Å². The number of hydrogen-bond acceptors (Lipinski definition) is 4. The second kappa shape index (κ2) is 7.54. The zero-order valence-corrected chi connectivity index (χ0v) is 13.5. The molecule has 1 unspecified atom stereocenters. The van der Waals surface area contributed by atoms with Crippen LogP contribution in [-0.2, 0) is 4.74 Å². The van der Waals surface area contributed by atoms with E-state index < -0.39 is 12.0 Å². The van der Waals surface area contributed by atoms with Crippen LogP contribution in [-0.4, -0.2) is 47.2 Å². The molecule has 2 N–H and O–H groups in total. The summed E-state index contributed by atoms with van der Waals surface area (Å²) in [7, 11) is 1.46. The summed E-state index contributed by atoms with van der Waals surface area (Å²) in [4.78, 5) is 12.2. The van der Waals surface area contributed by atoms with Gasteiger partial charge in [-0.25, -0.2) is 9.07 Å². The van der Waals surface area contributed by atoms with Crippen LogP contribution in [0.25, 0.3) is 5.69 Å². The van der Waals surface area contributed by atoms with Crippen LogP contribution < -0.4 is 5.32 Å². The molecule has 0 saturated carbocycles. The molecule has 0 bridgehead atoms. The molecule has 6 nitrogen and oxygen atoms in total. The van der Waals surface area contributed by atoms with E-state index in [2.05, 4.69) is 10.4 Å². The smallest absolute Gasteiger partial charge is 0.256 e. The van der Waals surface area contributed by atoms with Crippen LogP contribution >= 0.6 is 11.6 Å². The van der Waals surface area contributed by atoms with E-state index in [9.17, 15) is 14.3 Å². The minimum Gasteiger partial charge on any atom is -0.389 e. The van der Waals surface area contributed by atoms with Gasteiger partial charge in [-0.1, -0.05) is 11.6 Å². The number of aryl methyl sites for hydroxylation is 1. The van der Waals surface area contributed by atoms with Crippen LogP contribution in [0.1, 0.15) is 16.1 Å². The number of nitrogens with one attached hydrogen (secondary N) is 1. The van der Waals surface area contributed by atoms with Crippen LogP contribution in [0, 0.1) is 12.7 Å². The van der Waals surface area contributed by atoms with E-state index >= 15 is 0 Å². The molecule has 1 atom stereocenters. The number of hydrogen-bond donors (Lipinski definition) is 2. The summed E-state index contributed by atoms with van der Waals surface area (Å²) in [5, 5.41) is 16.5. The topological polar surface area (TPSA) is 76.4 Å². The fraction of sp³-hybridized carbons (Fsp3) is 0.333. The highest BCUT2D eigenvalue weighted by molar-refractivity contribution is 6.33. The monoisotopic (exact) mass is 341 g/mol. The Balaban J connectivity index is 2.20. The molecule has 23 heavy (non-hydrogen) atoms. The lowest BCUT2D eigenvalue weighted by atomic mass is 10.2. The Labute approximate surface area is 137 Å². The number of nitrogens with zero attached hydrogens (tertiary/aromatic N) is 2. The van der Waals surface area contributed by atoms with E-state index in [1.807, 2.05) is 0 Å². The Morgan fingerprint density at radius 1 is 1.48 bits per heavy atom. The molecule has 0 saturated heterocycles. The van der Waals surface area contributed by atoms with Crippen molar-refractivity contribution < 1.29 is 19.0 Å². The van der Waals surface area contributed by atoms with Gasteiger partial charge >= 0.3 is 0 Å². The number of rotatable bonds is 6. The lowest BCUT2D eigenvalue weighted by Crippen LogP contribution is -2.34. The number of aliphatic hydroxyl groups is 1. The van der Waals surface area contributed by atoms with Gasteiger partial charge < -0.3 is 15.2 Å². The number of halogens is 2. The van der Waals surface area contributed by atoms with Crippen molar-refractivity contribution in [3.63, 3.8) is 0 Å². The minimum atomic E-state index is -0.810. The normalized spacial score (nSPS) is 12.2. The highest BCUT2D eigenvalue weighted by Gasteiger charge is 2.21. The van der Waals surface area contributed by atoms with Crippen molar-refractivity contribution in [2.24, 2.45) is 0 Å². The van der Waals surface area contributed by atoms with Gasteiger partial charge in [-0.2, -0.15) is 5.10 Å². The van der Waals surface area contributed by atoms with Crippen LogP contribution in [0.3, 0.4) is 0 Å². The lowest BCUT2D eigenvalue weighted by Gasteiger charge is -2.10. The quantitative estimate of drug-likeness (QED) is 0.838. The van der Waals surface area contributed by atoms with Crippen LogP contribution in [0.2, 0.25) is 5.15 Å². The summed E-state index contributed by atoms with van der Waals surface area (Å²) in [6, 6.07) is 5.59. The minimum absolute atomic E-state index is 0.0319. The van der Waals surface area contributed by atoms with Gasteiger partial charge in [-0.05, 0) is 31.2 Å². The number of aromatic nitrogens is 2. The van der Waals surface area contributed by atoms with Crippen LogP contribution in [0.5, 0.6) is 0 Å². The average molecular weight is 342 g/mol. The number of ether oxygens (including phenoxy) is 1. The van der Waals surface area contributed by atoms with Crippen molar-refractivity contribution in [2.45, 2.75) is 13.0 Å². The van der Waals surface area contributed by atoms with Gasteiger partial charge in [0.05, 0.1) is 29.7 Å². The van der Waals surface area contributed by atoms with E-state index in [0.29, 0.717) is 11.4 Å². The first-order valence-corrected chi connectivity index (χ1v) is 7.28. The maximum atomic E-state index is 13.0. The predicted molar refractivity (Wildman–Crippen MR) is 83.5 cm³/mol. The third-order valence-corrected chi connectivity index (χ3v) is 3.51. The SMILES string of the molecule is COCC(O)CNC(=O)c1c(C)nn(-c2ccc(F)cc2)c1Cl. The molecule has 8 heteroatoms. The van der Waals surface area contributed by atoms with Crippen molar-refractivity contribution in [1.82, 2.24) is 15.1 Å². The molecule has 1 aromatic carbocycles. The third kappa shape index (κ3) is 4.07. The van der Waals surface area contributed by atoms with E-state index in [1.54, 1.807) is 6.92 Å². The number of methoxy groups -OCH3 is 1. The molecule has 0 fully saturated rings. The standard InChI is InChI=1S/C15H17ClFN3O3/c1-9-13(15(22)18-7-12(21)8-23-2)14(16)20(19-9)11-5-3-10(17)4-6-11/h3-6,12,21H,7-8H2,1-2H3,(H,18,22). The Hall–Kier alpha value is -1.96. The summed E-state index contributed by atoms with van der Waals surface area (Å²) in [6.07, 6.45) is -0.810. The maximum absolute atomic E-state index is 13.0. The van der Waals surface area contributed by atoms with Gasteiger partial charge in [-0.3, -0.25) is 4.79 Å². The Morgan fingerprint density at radius 2 is 2.13 bits per heavy atom. The second-order valence-corrected chi connectivity index (χ2v) is 5.32. The molecule has 2 aromatic rings. The number of benzene rings is 1. The lowest BCUT2D eigenvalue weighted by molar-refractivity contribution is 0.0609. The van der Waals surface area contributed by atoms with E-state index in [0.717, 1.165) is 0 Å². The number of aliphatic hydroxyl groups excluding tert-OH is 1. The first kappa shape index (κ1) is 17.4. The molecule has 0 aliphatic rings. The summed E-state index contributed by atoms with van der Waals surface area (Å²) in [5.41, 5.74) is 1.18. The Morgan fingerprint density at radius 3 is 2.74 bits per heavy atom. The Kier molecular flexibility index (Phi) is 5.70. The first-order valence-electron chi connectivity index (χ1n) is 6.90. The van der Waals surface area contributed by atoms with E-state index in [1.165, 1.54) is 36.1 Å². The molecule has 0 radical (unpaired) electrons. The summed E-state index contributed by atoms with van der Waals surface area (Å²) < 4.78 is 19.1. The molecule has 124 valence electrons. The average Bonchev–Trinajstić information content (AvgIpc) is 2.81. The third-order valence-electron chi connectivity index (χ3n) is 3.16. The van der Waals surface area contributed by atoms with Crippen molar-refractivity contribution >= 4 is 17.5 Å². The van der Waals surface area contributed by atoms with Crippen LogP contribution in [0.4, 0.5) is 4.39 Å². The highest BCUT2D eigenvalue weighted by atomic mass is 35.5. The van der Waals surface area contributed by atoms with Gasteiger partial charge in [0, 0.05) is 13.7 Å². The highest BCUT2D eigenvalue weighted by Crippen LogP contribution is 2.23. The molecule has 1 aromatic heterocycles. The van der Waals surface area contributed by atoms with Crippen molar-refractivity contribution in [2.75, 3.05) is 20.3 Å². The molecule has 2 rings (SSSR count). The second-order valence-electron chi connectivity index (χ2n) is 4.96. The molecular formula is C15H17ClFN3O3. The number of carbonyl (C=O) groups is 1. The fourth-order valence-corrected chi connectivity index (χ4v) is 2.42. The fourth-order valence-electron chi connectivity index (χ4n) is 2.06. The van der Waals surface area contributed by atoms with Gasteiger partial charge in [0.25, 0.3) is 5.91 Å². The van der Waals surface area contributed by atoms with Gasteiger partial charge in [0.1, 0.15) is 11.0 Å². The predicted octanol–water partition coefficient (Wildman–Crippen LogP) is 1.71. The molecule has 0 aliphatic heterocycles. The molecule has 0 aliphatic carbocycles. The molecule has 1 amide bonds. The van der Waals surface area contributed by atoms with Crippen molar-refractivity contribution in [1.29, 1.82) is 0 Å². The first-order chi connectivity index (χ1) is 10.9. The Bertz CT molecular complexity index is 688. The van der Waals surface area contributed by atoms with Crippen molar-refractivity contribution in [3.05, 3.63) is 46.5 Å². The van der Waals surface area contributed by atoms with Gasteiger partial charge in [-0.15, -0.1) is 0 Å². The summed E-state index contributed by atoms with van der Waals surface area (Å²) in [5.74, 6) is -0.824. The number of carbonyl (C=O) groups excluding carboxylic acids is 1. The zero-order valence-electron chi connectivity index (χ0n) is 12.7. The zero-order chi connectivity index (χ0) is 17.0. The largest absolute Gasteiger partial charge is 0.389 e. The molecular weight excluding hydrogens is 325 g/mol. The van der Waals surface area contributed by atoms with E-state index in [4.69, 9.17) is 16.3 Å². The summed E-state index contributed by atoms with van der Waals surface area (Å²) in [6.45, 7) is 1.79. The molecule has 1 heterocycles. The molecule has 0 spiro atoms. The maximum Gasteiger partial charge on any atom is 0.256 e.